The Labute approximate surface area is 276 Å². The molecule has 3 N–H and O–H groups in total. The minimum absolute atomic E-state index is 0.208. The number of ether oxygens (including phenoxy) is 2. The normalized spacial score (nSPS) is 10.9. The summed E-state index contributed by atoms with van der Waals surface area (Å²) in [6.45, 7) is 5.31. The van der Waals surface area contributed by atoms with Crippen molar-refractivity contribution >= 4 is 35.8 Å². The Bertz CT molecular complexity index is 1660. The van der Waals surface area contributed by atoms with Crippen molar-refractivity contribution in [3.8, 4) is 17.1 Å². The summed E-state index contributed by atoms with van der Waals surface area (Å²) in [7, 11) is 7.15. The largest absolute Gasteiger partial charge is 0.490 e. The van der Waals surface area contributed by atoms with Crippen LogP contribution in [0.1, 0.15) is 27.2 Å². The fraction of sp³-hybridized carbons (Fsp3) is 0.324. The third-order valence-corrected chi connectivity index (χ3v) is 7.22. The van der Waals surface area contributed by atoms with Gasteiger partial charge >= 0.3 is 12.9 Å². The molecule has 2 heterocycles. The zero-order valence-electron chi connectivity index (χ0n) is 27.8. The Kier molecular flexibility index (Phi) is 12.8. The number of carbonyl (C=O) groups is 2. The number of rotatable bonds is 15. The monoisotopic (exact) mass is 639 g/mol. The summed E-state index contributed by atoms with van der Waals surface area (Å²) in [5.74, 6) is 0.724. The molecule has 0 aliphatic carbocycles. The van der Waals surface area contributed by atoms with Crippen LogP contribution in [0.5, 0.6) is 5.75 Å². The molecular formula is C34H42BN7O5. The molecule has 0 aliphatic rings. The standard InChI is InChI=1S/C34H42BN7O5/c1-23-16-26(33(43)36-12-13-42(3)4)18-27(17-23)40-34(44)41-29-22-38-32(39-24(29)2)28-21-37-31(19-30(28)47-15-14-45-5)35(46-6)20-25-10-8-7-9-11-25/h7-11,16-19,21-22H,12-15,20H2,1-6H3,(H,36,43)(H2,40,41,44). The molecule has 4 rings (SSSR count). The molecule has 0 unspecified atom stereocenters. The molecule has 0 aliphatic heterocycles. The molecule has 47 heavy (non-hydrogen) atoms. The molecule has 0 saturated carbocycles. The number of urea groups is 1. The first-order valence-corrected chi connectivity index (χ1v) is 15.3. The highest BCUT2D eigenvalue weighted by atomic mass is 16.5. The van der Waals surface area contributed by atoms with Crippen LogP contribution in [0.25, 0.3) is 11.4 Å². The molecule has 4 aromatic rings. The van der Waals surface area contributed by atoms with E-state index >= 15 is 0 Å². The Hall–Kier alpha value is -4.85. The first-order chi connectivity index (χ1) is 22.7. The van der Waals surface area contributed by atoms with Crippen molar-refractivity contribution in [3.05, 3.63) is 89.4 Å². The van der Waals surface area contributed by atoms with Gasteiger partial charge in [-0.15, -0.1) is 0 Å². The lowest BCUT2D eigenvalue weighted by Crippen LogP contribution is -2.37. The number of amides is 3. The molecule has 0 fully saturated rings. The highest BCUT2D eigenvalue weighted by molar-refractivity contribution is 6.66. The van der Waals surface area contributed by atoms with E-state index in [1.165, 1.54) is 6.20 Å². The fourth-order valence-electron chi connectivity index (χ4n) is 4.77. The van der Waals surface area contributed by atoms with E-state index in [9.17, 15) is 9.59 Å². The quantitative estimate of drug-likeness (QED) is 0.131. The number of likely N-dealkylation sites (N-methyl/N-ethyl adjacent to an activating group) is 1. The number of methoxy groups -OCH3 is 1. The van der Waals surface area contributed by atoms with Gasteiger partial charge in [0.15, 0.2) is 5.82 Å². The highest BCUT2D eigenvalue weighted by Crippen LogP contribution is 2.27. The van der Waals surface area contributed by atoms with Crippen molar-refractivity contribution in [2.45, 2.75) is 20.2 Å². The van der Waals surface area contributed by atoms with Gasteiger partial charge in [0.1, 0.15) is 12.4 Å². The molecule has 0 bridgehead atoms. The number of aromatic nitrogens is 3. The van der Waals surface area contributed by atoms with E-state index in [-0.39, 0.29) is 12.8 Å². The van der Waals surface area contributed by atoms with Crippen LogP contribution < -0.4 is 26.3 Å². The van der Waals surface area contributed by atoms with Gasteiger partial charge in [-0.3, -0.25) is 9.78 Å². The van der Waals surface area contributed by atoms with Crippen molar-refractivity contribution in [1.82, 2.24) is 25.2 Å². The lowest BCUT2D eigenvalue weighted by atomic mass is 9.59. The van der Waals surface area contributed by atoms with Crippen LogP contribution in [0.2, 0.25) is 0 Å². The maximum atomic E-state index is 13.0. The summed E-state index contributed by atoms with van der Waals surface area (Å²) >= 11 is 0. The number of pyridine rings is 1. The van der Waals surface area contributed by atoms with E-state index in [0.29, 0.717) is 71.4 Å². The van der Waals surface area contributed by atoms with Gasteiger partial charge in [0.05, 0.1) is 29.7 Å². The number of anilines is 2. The summed E-state index contributed by atoms with van der Waals surface area (Å²) in [6.07, 6.45) is 3.86. The van der Waals surface area contributed by atoms with Crippen molar-refractivity contribution in [2.24, 2.45) is 0 Å². The van der Waals surface area contributed by atoms with Gasteiger partial charge in [-0.25, -0.2) is 14.8 Å². The average Bonchev–Trinajstić information content (AvgIpc) is 3.04. The molecule has 0 saturated heterocycles. The lowest BCUT2D eigenvalue weighted by molar-refractivity contribution is 0.0951. The Balaban J connectivity index is 1.49. The maximum Gasteiger partial charge on any atom is 0.350 e. The number of carbonyl (C=O) groups excluding carboxylic acids is 2. The van der Waals surface area contributed by atoms with Gasteiger partial charge in [-0.05, 0) is 64.1 Å². The molecule has 3 amide bonds. The second-order valence-electron chi connectivity index (χ2n) is 11.3. The van der Waals surface area contributed by atoms with Crippen LogP contribution in [-0.2, 0) is 15.7 Å². The van der Waals surface area contributed by atoms with Gasteiger partial charge in [0.2, 0.25) is 0 Å². The van der Waals surface area contributed by atoms with Gasteiger partial charge in [0, 0.05) is 50.4 Å². The van der Waals surface area contributed by atoms with Crippen LogP contribution in [0.4, 0.5) is 16.2 Å². The number of benzene rings is 2. The summed E-state index contributed by atoms with van der Waals surface area (Å²) in [5, 5.41) is 8.50. The van der Waals surface area contributed by atoms with Gasteiger partial charge in [-0.2, -0.15) is 0 Å². The summed E-state index contributed by atoms with van der Waals surface area (Å²) in [5.41, 5.74) is 5.19. The molecule has 2 aromatic heterocycles. The first-order valence-electron chi connectivity index (χ1n) is 15.3. The van der Waals surface area contributed by atoms with Crippen molar-refractivity contribution in [2.75, 3.05) is 65.3 Å². The Morgan fingerprint density at radius 1 is 0.936 bits per heavy atom. The minimum Gasteiger partial charge on any atom is -0.490 e. The molecule has 246 valence electrons. The van der Waals surface area contributed by atoms with E-state index in [0.717, 1.165) is 17.7 Å². The van der Waals surface area contributed by atoms with Crippen molar-refractivity contribution in [3.63, 3.8) is 0 Å². The smallest absolute Gasteiger partial charge is 0.350 e. The van der Waals surface area contributed by atoms with E-state index in [2.05, 4.69) is 30.9 Å². The third kappa shape index (κ3) is 10.3. The number of hydrogen-bond acceptors (Lipinski definition) is 9. The van der Waals surface area contributed by atoms with Crippen molar-refractivity contribution in [1.29, 1.82) is 0 Å². The van der Waals surface area contributed by atoms with Crippen LogP contribution in [0.15, 0.2) is 67.0 Å². The van der Waals surface area contributed by atoms with E-state index in [1.54, 1.807) is 45.5 Å². The third-order valence-electron chi connectivity index (χ3n) is 7.22. The number of hydrogen-bond donors (Lipinski definition) is 3. The molecule has 12 nitrogen and oxygen atoms in total. The Morgan fingerprint density at radius 2 is 1.72 bits per heavy atom. The highest BCUT2D eigenvalue weighted by Gasteiger charge is 2.23. The van der Waals surface area contributed by atoms with Gasteiger partial charge < -0.3 is 35.0 Å². The molecule has 2 aromatic carbocycles. The predicted octanol–water partition coefficient (Wildman–Crippen LogP) is 3.74. The fourth-order valence-corrected chi connectivity index (χ4v) is 4.77. The first kappa shape index (κ1) is 35.0. The van der Waals surface area contributed by atoms with Crippen LogP contribution in [0, 0.1) is 13.8 Å². The second kappa shape index (κ2) is 17.2. The topological polar surface area (TPSA) is 140 Å². The number of nitrogens with zero attached hydrogens (tertiary/aromatic N) is 4. The zero-order chi connectivity index (χ0) is 33.8. The van der Waals surface area contributed by atoms with Gasteiger partial charge in [-0.1, -0.05) is 35.9 Å². The number of nitrogens with one attached hydrogen (secondary N) is 3. The van der Waals surface area contributed by atoms with E-state index in [1.807, 2.05) is 62.3 Å². The summed E-state index contributed by atoms with van der Waals surface area (Å²) in [4.78, 5) is 41.4. The molecular weight excluding hydrogens is 597 g/mol. The molecule has 13 heteroatoms. The van der Waals surface area contributed by atoms with Gasteiger partial charge in [0.25, 0.3) is 5.91 Å². The number of aryl methyl sites for hydroxylation is 2. The minimum atomic E-state index is -0.493. The predicted molar refractivity (Wildman–Crippen MR) is 185 cm³/mol. The zero-order valence-corrected chi connectivity index (χ0v) is 27.8. The van der Waals surface area contributed by atoms with E-state index < -0.39 is 6.03 Å². The summed E-state index contributed by atoms with van der Waals surface area (Å²) in [6, 6.07) is 16.6. The lowest BCUT2D eigenvalue weighted by Gasteiger charge is -2.16. The van der Waals surface area contributed by atoms with Crippen LogP contribution in [0.3, 0.4) is 0 Å². The van der Waals surface area contributed by atoms with Crippen LogP contribution in [-0.4, -0.2) is 93.3 Å². The van der Waals surface area contributed by atoms with Crippen LogP contribution >= 0.6 is 0 Å². The molecule has 0 atom stereocenters. The molecule has 0 spiro atoms. The van der Waals surface area contributed by atoms with E-state index in [4.69, 9.17) is 14.1 Å². The SMILES string of the molecule is COCCOc1cc(B(Cc2ccccc2)OC)ncc1-c1ncc(NC(=O)Nc2cc(C)cc(C(=O)NCCN(C)C)c2)c(C)n1. The Morgan fingerprint density at radius 3 is 2.43 bits per heavy atom. The van der Waals surface area contributed by atoms with Crippen molar-refractivity contribution < 1.29 is 23.7 Å². The summed E-state index contributed by atoms with van der Waals surface area (Å²) < 4.78 is 17.0. The maximum absolute atomic E-state index is 13.0. The average molecular weight is 640 g/mol. The second-order valence-corrected chi connectivity index (χ2v) is 11.3. The molecule has 0 radical (unpaired) electrons.